The average Bonchev–Trinajstić information content (AvgIpc) is 3.24. The third kappa shape index (κ3) is 5.42. The van der Waals surface area contributed by atoms with E-state index in [1.54, 1.807) is 0 Å². The molecule has 10 aromatic carbocycles. The highest BCUT2D eigenvalue weighted by Gasteiger charge is 2.20. The Morgan fingerprint density at radius 1 is 0.245 bits per heavy atom. The fourth-order valence-electron chi connectivity index (χ4n) is 8.12. The number of hydrogen-bond donors (Lipinski definition) is 0. The van der Waals surface area contributed by atoms with Crippen LogP contribution in [0.3, 0.4) is 0 Å². The molecule has 0 bridgehead atoms. The van der Waals surface area contributed by atoms with E-state index < -0.39 is 0 Å². The van der Waals surface area contributed by atoms with Crippen LogP contribution in [0.4, 0.5) is 17.1 Å². The maximum atomic E-state index is 2.42. The van der Waals surface area contributed by atoms with E-state index in [9.17, 15) is 0 Å². The zero-order valence-electron chi connectivity index (χ0n) is 29.2. The van der Waals surface area contributed by atoms with Crippen molar-refractivity contribution in [3.05, 3.63) is 212 Å². The topological polar surface area (TPSA) is 3.24 Å². The van der Waals surface area contributed by atoms with Crippen LogP contribution in [-0.2, 0) is 0 Å². The molecule has 0 saturated heterocycles. The third-order valence-electron chi connectivity index (χ3n) is 10.6. The van der Waals surface area contributed by atoms with Crippen molar-refractivity contribution in [2.24, 2.45) is 0 Å². The van der Waals surface area contributed by atoms with Crippen molar-refractivity contribution < 1.29 is 0 Å². The summed E-state index contributed by atoms with van der Waals surface area (Å²) in [6, 6.07) is 77.2. The molecule has 0 spiro atoms. The highest BCUT2D eigenvalue weighted by atomic mass is 15.1. The van der Waals surface area contributed by atoms with E-state index >= 15 is 0 Å². The van der Waals surface area contributed by atoms with Gasteiger partial charge in [-0.05, 0) is 101 Å². The number of para-hydroxylation sites is 1. The Bertz CT molecular complexity index is 2910. The third-order valence-corrected chi connectivity index (χ3v) is 10.6. The minimum Gasteiger partial charge on any atom is -0.310 e. The van der Waals surface area contributed by atoms with Gasteiger partial charge in [-0.1, -0.05) is 182 Å². The molecule has 0 heterocycles. The van der Waals surface area contributed by atoms with Crippen molar-refractivity contribution in [3.8, 4) is 33.4 Å². The Morgan fingerprint density at radius 2 is 0.717 bits per heavy atom. The summed E-state index contributed by atoms with van der Waals surface area (Å²) in [5.74, 6) is 0. The molecule has 0 N–H and O–H groups in total. The second-order valence-corrected chi connectivity index (χ2v) is 13.7. The number of hydrogen-bond acceptors (Lipinski definition) is 1. The molecule has 0 atom stereocenters. The molecule has 0 saturated carbocycles. The Morgan fingerprint density at radius 3 is 1.45 bits per heavy atom. The van der Waals surface area contributed by atoms with E-state index in [0.29, 0.717) is 0 Å². The zero-order valence-corrected chi connectivity index (χ0v) is 29.2. The van der Waals surface area contributed by atoms with Gasteiger partial charge in [-0.3, -0.25) is 0 Å². The highest BCUT2D eigenvalue weighted by molar-refractivity contribution is 6.24. The number of benzene rings is 10. The first kappa shape index (κ1) is 30.8. The fourth-order valence-corrected chi connectivity index (χ4v) is 8.12. The first-order valence-corrected chi connectivity index (χ1v) is 18.3. The second kappa shape index (κ2) is 13.0. The zero-order chi connectivity index (χ0) is 35.1. The number of nitrogens with zero attached hydrogens (tertiary/aromatic N) is 1. The van der Waals surface area contributed by atoms with Crippen LogP contribution in [0.25, 0.3) is 76.5 Å². The number of rotatable bonds is 6. The van der Waals surface area contributed by atoms with Gasteiger partial charge in [-0.2, -0.15) is 0 Å². The van der Waals surface area contributed by atoms with Gasteiger partial charge in [0.15, 0.2) is 0 Å². The van der Waals surface area contributed by atoms with E-state index in [1.807, 2.05) is 0 Å². The number of anilines is 3. The van der Waals surface area contributed by atoms with Gasteiger partial charge < -0.3 is 4.90 Å². The van der Waals surface area contributed by atoms with Gasteiger partial charge in [0.2, 0.25) is 0 Å². The summed E-state index contributed by atoms with van der Waals surface area (Å²) in [5.41, 5.74) is 10.6. The van der Waals surface area contributed by atoms with Gasteiger partial charge in [0.1, 0.15) is 0 Å². The quantitative estimate of drug-likeness (QED) is 0.159. The molecule has 0 unspecified atom stereocenters. The molecular weight excluding hydrogens is 639 g/mol. The van der Waals surface area contributed by atoms with Crippen LogP contribution in [0.5, 0.6) is 0 Å². The van der Waals surface area contributed by atoms with Gasteiger partial charge in [-0.25, -0.2) is 0 Å². The molecule has 0 aliphatic rings. The van der Waals surface area contributed by atoms with E-state index in [4.69, 9.17) is 0 Å². The smallest absolute Gasteiger partial charge is 0.0540 e. The molecule has 0 aromatic heterocycles. The summed E-state index contributed by atoms with van der Waals surface area (Å²) in [7, 11) is 0. The van der Waals surface area contributed by atoms with E-state index in [1.165, 1.54) is 76.5 Å². The Hall–Kier alpha value is -6.96. The molecule has 1 nitrogen and oxygen atoms in total. The Kier molecular flexibility index (Phi) is 7.55. The molecule has 248 valence electrons. The fraction of sp³-hybridized carbons (Fsp3) is 0. The van der Waals surface area contributed by atoms with Crippen molar-refractivity contribution in [3.63, 3.8) is 0 Å². The predicted molar refractivity (Wildman–Crippen MR) is 227 cm³/mol. The Labute approximate surface area is 309 Å². The molecule has 0 fully saturated rings. The van der Waals surface area contributed by atoms with Crippen LogP contribution in [-0.4, -0.2) is 0 Å². The van der Waals surface area contributed by atoms with Crippen LogP contribution in [0.15, 0.2) is 212 Å². The summed E-state index contributed by atoms with van der Waals surface area (Å²) >= 11 is 0. The predicted octanol–water partition coefficient (Wildman–Crippen LogP) is 14.8. The standard InChI is InChI=1S/C52H35N/c1-2-12-36(13-3-1)37-28-32-43(33-29-37)53(44-34-30-40(31-35-44)46-21-10-16-38-14-4-6-18-45(38)46)50-23-9-8-20-48(50)49-22-11-17-41-26-27-42-25-24-39-15-5-7-19-47(39)51(42)52(41)49/h1-35H. The molecule has 10 rings (SSSR count). The largest absolute Gasteiger partial charge is 0.310 e. The van der Waals surface area contributed by atoms with E-state index in [0.717, 1.165) is 17.1 Å². The van der Waals surface area contributed by atoms with Crippen molar-refractivity contribution in [1.29, 1.82) is 0 Å². The highest BCUT2D eigenvalue weighted by Crippen LogP contribution is 2.45. The van der Waals surface area contributed by atoms with Crippen molar-refractivity contribution in [2.75, 3.05) is 4.90 Å². The summed E-state index contributed by atoms with van der Waals surface area (Å²) in [5, 5.41) is 10.1. The van der Waals surface area contributed by atoms with Crippen LogP contribution in [0.1, 0.15) is 0 Å². The van der Waals surface area contributed by atoms with Gasteiger partial charge in [0.25, 0.3) is 0 Å². The SMILES string of the molecule is c1ccc(-c2ccc(N(c3ccc(-c4cccc5ccccc45)cc3)c3ccccc3-c3cccc4ccc5ccc6ccccc6c5c34)cc2)cc1. The molecule has 0 aliphatic heterocycles. The average molecular weight is 674 g/mol. The van der Waals surface area contributed by atoms with Crippen molar-refractivity contribution >= 4 is 60.2 Å². The van der Waals surface area contributed by atoms with Crippen LogP contribution >= 0.6 is 0 Å². The maximum Gasteiger partial charge on any atom is 0.0540 e. The maximum absolute atomic E-state index is 2.42. The molecule has 0 amide bonds. The first-order valence-electron chi connectivity index (χ1n) is 18.3. The first-order chi connectivity index (χ1) is 26.3. The molecule has 0 aliphatic carbocycles. The van der Waals surface area contributed by atoms with Crippen molar-refractivity contribution in [1.82, 2.24) is 0 Å². The lowest BCUT2D eigenvalue weighted by Crippen LogP contribution is -2.11. The second-order valence-electron chi connectivity index (χ2n) is 13.7. The van der Waals surface area contributed by atoms with Crippen LogP contribution < -0.4 is 4.90 Å². The normalized spacial score (nSPS) is 11.4. The van der Waals surface area contributed by atoms with Crippen molar-refractivity contribution in [2.45, 2.75) is 0 Å². The van der Waals surface area contributed by atoms with Gasteiger partial charge in [0.05, 0.1) is 5.69 Å². The monoisotopic (exact) mass is 673 g/mol. The minimum absolute atomic E-state index is 1.10. The molecule has 53 heavy (non-hydrogen) atoms. The summed E-state index contributed by atoms with van der Waals surface area (Å²) < 4.78 is 0. The molecular formula is C52H35N. The summed E-state index contributed by atoms with van der Waals surface area (Å²) in [6.45, 7) is 0. The number of fused-ring (bicyclic) bond motifs is 6. The van der Waals surface area contributed by atoms with Gasteiger partial charge in [0, 0.05) is 16.9 Å². The Balaban J connectivity index is 1.18. The van der Waals surface area contributed by atoms with E-state index in [-0.39, 0.29) is 0 Å². The van der Waals surface area contributed by atoms with Gasteiger partial charge in [-0.15, -0.1) is 0 Å². The van der Waals surface area contributed by atoms with Crippen LogP contribution in [0, 0.1) is 0 Å². The summed E-state index contributed by atoms with van der Waals surface area (Å²) in [6.07, 6.45) is 0. The lowest BCUT2D eigenvalue weighted by atomic mass is 9.90. The molecule has 0 radical (unpaired) electrons. The van der Waals surface area contributed by atoms with E-state index in [2.05, 4.69) is 217 Å². The summed E-state index contributed by atoms with van der Waals surface area (Å²) in [4.78, 5) is 2.42. The lowest BCUT2D eigenvalue weighted by Gasteiger charge is -2.28. The molecule has 10 aromatic rings. The lowest BCUT2D eigenvalue weighted by molar-refractivity contribution is 1.28. The minimum atomic E-state index is 1.10. The molecule has 1 heteroatoms. The van der Waals surface area contributed by atoms with Crippen LogP contribution in [0.2, 0.25) is 0 Å². The van der Waals surface area contributed by atoms with Gasteiger partial charge >= 0.3 is 0 Å².